The Bertz CT molecular complexity index is 356. The summed E-state index contributed by atoms with van der Waals surface area (Å²) in [5, 5.41) is 3.55. The molecule has 2 fully saturated rings. The summed E-state index contributed by atoms with van der Waals surface area (Å²) in [5.41, 5.74) is 0. The van der Waals surface area contributed by atoms with E-state index in [0.29, 0.717) is 23.6 Å². The normalized spacial score (nSPS) is 38.4. The van der Waals surface area contributed by atoms with E-state index < -0.39 is 9.84 Å². The van der Waals surface area contributed by atoms with Gasteiger partial charge in [-0.15, -0.1) is 0 Å². The third-order valence-corrected chi connectivity index (χ3v) is 5.93. The molecule has 4 nitrogen and oxygen atoms in total. The molecule has 0 aromatic carbocycles. The summed E-state index contributed by atoms with van der Waals surface area (Å²) in [6.07, 6.45) is 3.04. The lowest BCUT2D eigenvalue weighted by molar-refractivity contribution is 0.0880. The van der Waals surface area contributed by atoms with Crippen LogP contribution in [0.3, 0.4) is 0 Å². The summed E-state index contributed by atoms with van der Waals surface area (Å²) in [4.78, 5) is 2.45. The zero-order valence-corrected chi connectivity index (χ0v) is 11.7. The minimum atomic E-state index is -2.76. The van der Waals surface area contributed by atoms with Crippen LogP contribution in [0.15, 0.2) is 0 Å². The van der Waals surface area contributed by atoms with Crippen LogP contribution in [0, 0.1) is 0 Å². The summed E-state index contributed by atoms with van der Waals surface area (Å²) in [6.45, 7) is 6.39. The predicted molar refractivity (Wildman–Crippen MR) is 69.9 cm³/mol. The minimum Gasteiger partial charge on any atom is -0.311 e. The number of sulfone groups is 1. The Labute approximate surface area is 105 Å². The summed E-state index contributed by atoms with van der Waals surface area (Å²) < 4.78 is 23.2. The Kier molecular flexibility index (Phi) is 4.10. The SMILES string of the molecule is CCC1CN(C2CCS(=O)(=O)C2)C(CC)CN1. The average molecular weight is 260 g/mol. The Balaban J connectivity index is 2.05. The van der Waals surface area contributed by atoms with E-state index in [9.17, 15) is 8.42 Å². The average Bonchev–Trinajstić information content (AvgIpc) is 2.68. The Morgan fingerprint density at radius 1 is 1.29 bits per heavy atom. The summed E-state index contributed by atoms with van der Waals surface area (Å²) in [6, 6.07) is 1.30. The van der Waals surface area contributed by atoms with Crippen LogP contribution in [0.2, 0.25) is 0 Å². The van der Waals surface area contributed by atoms with Crippen LogP contribution in [0.5, 0.6) is 0 Å². The molecule has 0 aromatic heterocycles. The molecule has 100 valence electrons. The van der Waals surface area contributed by atoms with Crippen molar-refractivity contribution in [1.82, 2.24) is 10.2 Å². The van der Waals surface area contributed by atoms with Crippen molar-refractivity contribution >= 4 is 9.84 Å². The lowest BCUT2D eigenvalue weighted by Crippen LogP contribution is -2.59. The van der Waals surface area contributed by atoms with E-state index in [0.717, 1.165) is 32.4 Å². The van der Waals surface area contributed by atoms with Gasteiger partial charge in [0, 0.05) is 31.2 Å². The molecule has 2 rings (SSSR count). The van der Waals surface area contributed by atoms with Crippen LogP contribution in [-0.4, -0.2) is 56.0 Å². The second kappa shape index (κ2) is 5.24. The van der Waals surface area contributed by atoms with Crippen molar-refractivity contribution < 1.29 is 8.42 Å². The molecule has 0 spiro atoms. The van der Waals surface area contributed by atoms with E-state index in [1.807, 2.05) is 0 Å². The molecule has 0 radical (unpaired) electrons. The Hall–Kier alpha value is -0.130. The largest absolute Gasteiger partial charge is 0.311 e. The molecule has 17 heavy (non-hydrogen) atoms. The summed E-state index contributed by atoms with van der Waals surface area (Å²) in [7, 11) is -2.76. The zero-order chi connectivity index (χ0) is 12.5. The molecule has 3 unspecified atom stereocenters. The van der Waals surface area contributed by atoms with Crippen molar-refractivity contribution in [2.45, 2.75) is 51.2 Å². The van der Waals surface area contributed by atoms with Gasteiger partial charge in [-0.3, -0.25) is 4.90 Å². The van der Waals surface area contributed by atoms with Crippen LogP contribution in [0.25, 0.3) is 0 Å². The van der Waals surface area contributed by atoms with Gasteiger partial charge in [-0.05, 0) is 19.3 Å². The molecule has 1 N–H and O–H groups in total. The quantitative estimate of drug-likeness (QED) is 0.809. The zero-order valence-electron chi connectivity index (χ0n) is 10.9. The number of nitrogens with one attached hydrogen (secondary N) is 1. The van der Waals surface area contributed by atoms with Crippen LogP contribution >= 0.6 is 0 Å². The molecule has 0 aromatic rings. The molecule has 0 aliphatic carbocycles. The summed E-state index contributed by atoms with van der Waals surface area (Å²) in [5.74, 6) is 0.759. The van der Waals surface area contributed by atoms with Gasteiger partial charge in [-0.1, -0.05) is 13.8 Å². The molecule has 2 aliphatic heterocycles. The third-order valence-electron chi connectivity index (χ3n) is 4.18. The molecule has 2 saturated heterocycles. The monoisotopic (exact) mass is 260 g/mol. The highest BCUT2D eigenvalue weighted by atomic mass is 32.2. The Morgan fingerprint density at radius 2 is 2.06 bits per heavy atom. The highest BCUT2D eigenvalue weighted by molar-refractivity contribution is 7.91. The number of rotatable bonds is 3. The van der Waals surface area contributed by atoms with Gasteiger partial charge in [-0.2, -0.15) is 0 Å². The number of piperazine rings is 1. The van der Waals surface area contributed by atoms with Crippen molar-refractivity contribution in [3.05, 3.63) is 0 Å². The molecular weight excluding hydrogens is 236 g/mol. The van der Waals surface area contributed by atoms with E-state index >= 15 is 0 Å². The fourth-order valence-corrected chi connectivity index (χ4v) is 4.77. The first-order chi connectivity index (χ1) is 8.05. The molecule has 3 atom stereocenters. The first-order valence-electron chi connectivity index (χ1n) is 6.75. The molecule has 2 aliphatic rings. The van der Waals surface area contributed by atoms with Gasteiger partial charge < -0.3 is 5.32 Å². The van der Waals surface area contributed by atoms with Gasteiger partial charge in [0.2, 0.25) is 0 Å². The molecule has 0 saturated carbocycles. The van der Waals surface area contributed by atoms with Crippen molar-refractivity contribution in [1.29, 1.82) is 0 Å². The van der Waals surface area contributed by atoms with Gasteiger partial charge in [0.25, 0.3) is 0 Å². The van der Waals surface area contributed by atoms with Gasteiger partial charge in [-0.25, -0.2) is 8.42 Å². The minimum absolute atomic E-state index is 0.265. The van der Waals surface area contributed by atoms with E-state index in [-0.39, 0.29) is 6.04 Å². The fourth-order valence-electron chi connectivity index (χ4n) is 3.02. The lowest BCUT2D eigenvalue weighted by atomic mass is 10.0. The van der Waals surface area contributed by atoms with Gasteiger partial charge in [0.1, 0.15) is 0 Å². The smallest absolute Gasteiger partial charge is 0.151 e. The van der Waals surface area contributed by atoms with Crippen molar-refractivity contribution in [2.24, 2.45) is 0 Å². The second-order valence-corrected chi connectivity index (χ2v) is 7.56. The van der Waals surface area contributed by atoms with Crippen LogP contribution in [0.1, 0.15) is 33.1 Å². The molecule has 5 heteroatoms. The fraction of sp³-hybridized carbons (Fsp3) is 1.00. The maximum Gasteiger partial charge on any atom is 0.151 e. The molecule has 2 heterocycles. The van der Waals surface area contributed by atoms with Gasteiger partial charge in [0.15, 0.2) is 9.84 Å². The highest BCUT2D eigenvalue weighted by Gasteiger charge is 2.37. The number of hydrogen-bond acceptors (Lipinski definition) is 4. The van der Waals surface area contributed by atoms with Crippen molar-refractivity contribution in [3.8, 4) is 0 Å². The number of hydrogen-bond donors (Lipinski definition) is 1. The topological polar surface area (TPSA) is 49.4 Å². The predicted octanol–water partition coefficient (Wildman–Crippen LogP) is 0.636. The van der Waals surface area contributed by atoms with E-state index in [1.165, 1.54) is 0 Å². The maximum atomic E-state index is 11.6. The maximum absolute atomic E-state index is 11.6. The van der Waals surface area contributed by atoms with Gasteiger partial charge >= 0.3 is 0 Å². The lowest BCUT2D eigenvalue weighted by Gasteiger charge is -2.43. The first-order valence-corrected chi connectivity index (χ1v) is 8.57. The Morgan fingerprint density at radius 3 is 2.59 bits per heavy atom. The van der Waals surface area contributed by atoms with Crippen LogP contribution in [-0.2, 0) is 9.84 Å². The standard InChI is InChI=1S/C12H24N2O2S/c1-3-10-8-14(11(4-2)7-13-10)12-5-6-17(15,16)9-12/h10-13H,3-9H2,1-2H3. The van der Waals surface area contributed by atoms with Crippen LogP contribution < -0.4 is 5.32 Å². The van der Waals surface area contributed by atoms with E-state index in [4.69, 9.17) is 0 Å². The van der Waals surface area contributed by atoms with E-state index in [2.05, 4.69) is 24.1 Å². The second-order valence-electron chi connectivity index (χ2n) is 5.33. The molecule has 0 amide bonds. The van der Waals surface area contributed by atoms with Crippen molar-refractivity contribution in [2.75, 3.05) is 24.6 Å². The van der Waals surface area contributed by atoms with Crippen LogP contribution in [0.4, 0.5) is 0 Å². The number of nitrogens with zero attached hydrogens (tertiary/aromatic N) is 1. The first kappa shape index (κ1) is 13.3. The van der Waals surface area contributed by atoms with Crippen molar-refractivity contribution in [3.63, 3.8) is 0 Å². The molecular formula is C12H24N2O2S. The molecule has 0 bridgehead atoms. The van der Waals surface area contributed by atoms with E-state index in [1.54, 1.807) is 0 Å². The third kappa shape index (κ3) is 3.01. The summed E-state index contributed by atoms with van der Waals surface area (Å²) >= 11 is 0. The van der Waals surface area contributed by atoms with Gasteiger partial charge in [0.05, 0.1) is 11.5 Å². The highest BCUT2D eigenvalue weighted by Crippen LogP contribution is 2.23.